The van der Waals surface area contributed by atoms with E-state index >= 15 is 0 Å². The summed E-state index contributed by atoms with van der Waals surface area (Å²) in [4.78, 5) is 22.9. The van der Waals surface area contributed by atoms with E-state index in [-0.39, 0.29) is 24.9 Å². The number of aryl methyl sites for hydroxylation is 2. The van der Waals surface area contributed by atoms with Gasteiger partial charge in [0.05, 0.1) is 12.0 Å². The van der Waals surface area contributed by atoms with Gasteiger partial charge in [0, 0.05) is 7.05 Å². The number of hydrogen-bond donors (Lipinski definition) is 1. The molecule has 1 N–H and O–H groups in total. The number of ether oxygens (including phenoxy) is 1. The van der Waals surface area contributed by atoms with E-state index in [1.54, 1.807) is 7.05 Å². The Labute approximate surface area is 113 Å². The van der Waals surface area contributed by atoms with Crippen LogP contribution >= 0.6 is 0 Å². The van der Waals surface area contributed by atoms with Gasteiger partial charge in [0.2, 0.25) is 5.91 Å². The Kier molecular flexibility index (Phi) is 4.55. The van der Waals surface area contributed by atoms with Crippen LogP contribution in [0.3, 0.4) is 0 Å². The molecule has 0 aromatic heterocycles. The van der Waals surface area contributed by atoms with E-state index in [2.05, 4.69) is 5.32 Å². The summed E-state index contributed by atoms with van der Waals surface area (Å²) in [5.41, 5.74) is 3.18. The van der Waals surface area contributed by atoms with Crippen LogP contribution in [0.25, 0.3) is 0 Å². The Morgan fingerprint density at radius 2 is 1.95 bits per heavy atom. The molecular formula is C15H19NO3. The first-order valence-corrected chi connectivity index (χ1v) is 6.70. The molecule has 0 unspecified atom stereocenters. The summed E-state index contributed by atoms with van der Waals surface area (Å²) in [7, 11) is 1.56. The highest BCUT2D eigenvalue weighted by Crippen LogP contribution is 2.22. The van der Waals surface area contributed by atoms with Crippen LogP contribution < -0.4 is 5.32 Å². The lowest BCUT2D eigenvalue weighted by molar-refractivity contribution is -0.121. The van der Waals surface area contributed by atoms with E-state index in [0.29, 0.717) is 5.56 Å². The molecule has 0 saturated heterocycles. The zero-order valence-corrected chi connectivity index (χ0v) is 11.2. The van der Waals surface area contributed by atoms with Crippen LogP contribution in [0.1, 0.15) is 40.7 Å². The Bertz CT molecular complexity index is 482. The Hall–Kier alpha value is -1.84. The molecule has 1 aliphatic carbocycles. The van der Waals surface area contributed by atoms with Crippen molar-refractivity contribution in [3.8, 4) is 0 Å². The van der Waals surface area contributed by atoms with E-state index < -0.39 is 0 Å². The lowest BCUT2D eigenvalue weighted by Gasteiger charge is -2.16. The van der Waals surface area contributed by atoms with Gasteiger partial charge in [-0.2, -0.15) is 0 Å². The third kappa shape index (κ3) is 3.56. The number of hydrogen-bond acceptors (Lipinski definition) is 3. The lowest BCUT2D eigenvalue weighted by Crippen LogP contribution is -2.20. The molecule has 4 nitrogen and oxygen atoms in total. The van der Waals surface area contributed by atoms with Crippen LogP contribution in [-0.2, 0) is 22.4 Å². The van der Waals surface area contributed by atoms with Gasteiger partial charge in [-0.25, -0.2) is 4.79 Å². The molecule has 2 rings (SSSR count). The molecule has 1 aliphatic rings. The predicted molar refractivity (Wildman–Crippen MR) is 72.1 cm³/mol. The van der Waals surface area contributed by atoms with Gasteiger partial charge in [-0.05, 0) is 48.9 Å². The Balaban J connectivity index is 1.94. The number of amides is 1. The molecular weight excluding hydrogens is 242 g/mol. The van der Waals surface area contributed by atoms with E-state index in [9.17, 15) is 9.59 Å². The summed E-state index contributed by atoms with van der Waals surface area (Å²) >= 11 is 0. The topological polar surface area (TPSA) is 55.4 Å². The summed E-state index contributed by atoms with van der Waals surface area (Å²) in [6.45, 7) is 0.121. The van der Waals surface area contributed by atoms with Crippen molar-refractivity contribution in [1.29, 1.82) is 0 Å². The minimum absolute atomic E-state index is 0.121. The van der Waals surface area contributed by atoms with Crippen LogP contribution in [0.4, 0.5) is 0 Å². The molecule has 0 fully saturated rings. The summed E-state index contributed by atoms with van der Waals surface area (Å²) in [5, 5.41) is 2.49. The molecule has 1 amide bonds. The van der Waals surface area contributed by atoms with Crippen molar-refractivity contribution in [2.75, 3.05) is 13.7 Å². The standard InChI is InChI=1S/C15H19NO3/c1-16-14(17)8-9-19-15(18)13-7-6-11-4-2-3-5-12(11)10-13/h6-7,10H,2-5,8-9H2,1H3,(H,16,17). The van der Waals surface area contributed by atoms with Crippen molar-refractivity contribution in [2.45, 2.75) is 32.1 Å². The van der Waals surface area contributed by atoms with E-state index in [1.807, 2.05) is 18.2 Å². The van der Waals surface area contributed by atoms with E-state index in [4.69, 9.17) is 4.74 Å². The highest BCUT2D eigenvalue weighted by molar-refractivity contribution is 5.90. The summed E-state index contributed by atoms with van der Waals surface area (Å²) in [6.07, 6.45) is 4.74. The Morgan fingerprint density at radius 3 is 2.68 bits per heavy atom. The van der Waals surface area contributed by atoms with Crippen molar-refractivity contribution >= 4 is 11.9 Å². The normalized spacial score (nSPS) is 13.5. The van der Waals surface area contributed by atoms with E-state index in [0.717, 1.165) is 12.8 Å². The first kappa shape index (κ1) is 13.6. The maximum Gasteiger partial charge on any atom is 0.338 e. The largest absolute Gasteiger partial charge is 0.462 e. The van der Waals surface area contributed by atoms with Crippen molar-refractivity contribution in [3.05, 3.63) is 34.9 Å². The van der Waals surface area contributed by atoms with Crippen molar-refractivity contribution in [2.24, 2.45) is 0 Å². The SMILES string of the molecule is CNC(=O)CCOC(=O)c1ccc2c(c1)CCCC2. The molecule has 102 valence electrons. The first-order valence-electron chi connectivity index (χ1n) is 6.70. The average Bonchev–Trinajstić information content (AvgIpc) is 2.46. The minimum atomic E-state index is -0.350. The number of carbonyl (C=O) groups excluding carboxylic acids is 2. The summed E-state index contributed by atoms with van der Waals surface area (Å²) in [6, 6.07) is 5.76. The van der Waals surface area contributed by atoms with Gasteiger partial charge < -0.3 is 10.1 Å². The number of rotatable bonds is 4. The van der Waals surface area contributed by atoms with Gasteiger partial charge >= 0.3 is 5.97 Å². The van der Waals surface area contributed by atoms with Crippen molar-refractivity contribution in [1.82, 2.24) is 5.32 Å². The van der Waals surface area contributed by atoms with Gasteiger partial charge in [-0.1, -0.05) is 6.07 Å². The molecule has 0 spiro atoms. The highest BCUT2D eigenvalue weighted by Gasteiger charge is 2.13. The second kappa shape index (κ2) is 6.36. The minimum Gasteiger partial charge on any atom is -0.462 e. The molecule has 19 heavy (non-hydrogen) atoms. The molecule has 0 aliphatic heterocycles. The van der Waals surface area contributed by atoms with Gasteiger partial charge in [-0.3, -0.25) is 4.79 Å². The third-order valence-corrected chi connectivity index (χ3v) is 3.43. The summed E-state index contributed by atoms with van der Waals surface area (Å²) < 4.78 is 5.09. The molecule has 1 aromatic carbocycles. The van der Waals surface area contributed by atoms with Gasteiger partial charge in [0.1, 0.15) is 6.61 Å². The molecule has 0 saturated carbocycles. The zero-order valence-electron chi connectivity index (χ0n) is 11.2. The molecule has 0 radical (unpaired) electrons. The number of esters is 1. The molecule has 0 bridgehead atoms. The highest BCUT2D eigenvalue weighted by atomic mass is 16.5. The monoisotopic (exact) mass is 261 g/mol. The van der Waals surface area contributed by atoms with Crippen molar-refractivity contribution in [3.63, 3.8) is 0 Å². The van der Waals surface area contributed by atoms with Crippen LogP contribution in [0.5, 0.6) is 0 Å². The molecule has 0 atom stereocenters. The maximum atomic E-state index is 11.8. The predicted octanol–water partition coefficient (Wildman–Crippen LogP) is 1.86. The third-order valence-electron chi connectivity index (χ3n) is 3.43. The second-order valence-corrected chi connectivity index (χ2v) is 4.75. The van der Waals surface area contributed by atoms with E-state index in [1.165, 1.54) is 24.0 Å². The van der Waals surface area contributed by atoms with Gasteiger partial charge in [0.25, 0.3) is 0 Å². The quantitative estimate of drug-likeness (QED) is 0.842. The number of carbonyl (C=O) groups is 2. The maximum absolute atomic E-state index is 11.8. The fourth-order valence-electron chi connectivity index (χ4n) is 2.31. The Morgan fingerprint density at radius 1 is 1.21 bits per heavy atom. The first-order chi connectivity index (χ1) is 9.20. The smallest absolute Gasteiger partial charge is 0.338 e. The van der Waals surface area contributed by atoms with Gasteiger partial charge in [-0.15, -0.1) is 0 Å². The number of fused-ring (bicyclic) bond motifs is 1. The lowest BCUT2D eigenvalue weighted by atomic mass is 9.90. The zero-order chi connectivity index (χ0) is 13.7. The summed E-state index contributed by atoms with van der Waals surface area (Å²) in [5.74, 6) is -0.476. The second-order valence-electron chi connectivity index (χ2n) is 4.75. The fraction of sp³-hybridized carbons (Fsp3) is 0.467. The number of benzene rings is 1. The van der Waals surface area contributed by atoms with Crippen LogP contribution in [0.15, 0.2) is 18.2 Å². The van der Waals surface area contributed by atoms with Crippen LogP contribution in [0.2, 0.25) is 0 Å². The molecule has 1 aromatic rings. The van der Waals surface area contributed by atoms with Crippen LogP contribution in [0, 0.1) is 0 Å². The average molecular weight is 261 g/mol. The fourth-order valence-corrected chi connectivity index (χ4v) is 2.31. The van der Waals surface area contributed by atoms with Crippen LogP contribution in [-0.4, -0.2) is 25.5 Å². The number of nitrogens with one attached hydrogen (secondary N) is 1. The molecule has 4 heteroatoms. The molecule has 0 heterocycles. The van der Waals surface area contributed by atoms with Gasteiger partial charge in [0.15, 0.2) is 0 Å². The van der Waals surface area contributed by atoms with Crippen molar-refractivity contribution < 1.29 is 14.3 Å².